The number of fused-ring (bicyclic) bond motifs is 3. The molecule has 6 nitrogen and oxygen atoms in total. The lowest BCUT2D eigenvalue weighted by Crippen LogP contribution is -2.16. The minimum absolute atomic E-state index is 0.0899. The first-order chi connectivity index (χ1) is 14.8. The van der Waals surface area contributed by atoms with E-state index in [4.69, 9.17) is 15.2 Å². The smallest absolute Gasteiger partial charge is 0.418 e. The van der Waals surface area contributed by atoms with Crippen LogP contribution in [0.2, 0.25) is 0 Å². The predicted octanol–water partition coefficient (Wildman–Crippen LogP) is 5.07. The molecule has 2 aromatic heterocycles. The van der Waals surface area contributed by atoms with E-state index in [0.29, 0.717) is 40.4 Å². The maximum absolute atomic E-state index is 13.2. The maximum Gasteiger partial charge on any atom is 0.418 e. The van der Waals surface area contributed by atoms with Crippen LogP contribution in [0.15, 0.2) is 42.5 Å². The molecule has 0 fully saturated rings. The third-order valence-electron chi connectivity index (χ3n) is 4.86. The van der Waals surface area contributed by atoms with Crippen LogP contribution in [0, 0.1) is 0 Å². The van der Waals surface area contributed by atoms with Gasteiger partial charge in [0.05, 0.1) is 22.5 Å². The largest absolute Gasteiger partial charge is 0.486 e. The number of anilines is 2. The number of rotatable bonds is 2. The number of pyridine rings is 1. The minimum Gasteiger partial charge on any atom is -0.486 e. The highest BCUT2D eigenvalue weighted by molar-refractivity contribution is 7.21. The van der Waals surface area contributed by atoms with E-state index in [-0.39, 0.29) is 16.3 Å². The Morgan fingerprint density at radius 2 is 1.81 bits per heavy atom. The van der Waals surface area contributed by atoms with Crippen LogP contribution in [0.1, 0.15) is 15.2 Å². The number of halogens is 3. The van der Waals surface area contributed by atoms with Crippen LogP contribution in [0.5, 0.6) is 11.5 Å². The summed E-state index contributed by atoms with van der Waals surface area (Å²) in [5.74, 6) is 0.444. The molecule has 0 radical (unpaired) electrons. The summed E-state index contributed by atoms with van der Waals surface area (Å²) in [4.78, 5) is 17.9. The van der Waals surface area contributed by atoms with Gasteiger partial charge in [0.2, 0.25) is 0 Å². The molecule has 0 spiro atoms. The molecular formula is C21H14F3N3O3S. The Labute approximate surface area is 177 Å². The van der Waals surface area contributed by atoms with Crippen LogP contribution in [0.4, 0.5) is 24.5 Å². The predicted molar refractivity (Wildman–Crippen MR) is 112 cm³/mol. The van der Waals surface area contributed by atoms with Gasteiger partial charge in [-0.25, -0.2) is 4.98 Å². The standard InChI is InChI=1S/C21H14F3N3O3S/c22-21(23,24)12-3-1-2-4-13(12)26-19(28)18-17(25)11-7-10-8-15-16(30-6-5-29-15)9-14(10)27-20(11)31-18/h1-4,7-9H,5-6,25H2,(H,26,28). The molecule has 1 aliphatic heterocycles. The van der Waals surface area contributed by atoms with Gasteiger partial charge in [-0.15, -0.1) is 11.3 Å². The van der Waals surface area contributed by atoms with Gasteiger partial charge in [-0.1, -0.05) is 12.1 Å². The van der Waals surface area contributed by atoms with Gasteiger partial charge in [-0.3, -0.25) is 4.79 Å². The average Bonchev–Trinajstić information content (AvgIpc) is 3.06. The number of thiophene rings is 1. The number of aromatic nitrogens is 1. The highest BCUT2D eigenvalue weighted by atomic mass is 32.1. The van der Waals surface area contributed by atoms with Crippen molar-refractivity contribution in [3.8, 4) is 11.5 Å². The van der Waals surface area contributed by atoms with Gasteiger partial charge in [0.25, 0.3) is 5.91 Å². The number of hydrogen-bond donors (Lipinski definition) is 2. The monoisotopic (exact) mass is 445 g/mol. The lowest BCUT2D eigenvalue weighted by atomic mass is 10.1. The minimum atomic E-state index is -4.60. The number of nitrogens with one attached hydrogen (secondary N) is 1. The number of hydrogen-bond acceptors (Lipinski definition) is 6. The first kappa shape index (κ1) is 19.4. The molecule has 158 valence electrons. The normalized spacial score (nSPS) is 13.5. The molecule has 10 heteroatoms. The summed E-state index contributed by atoms with van der Waals surface area (Å²) >= 11 is 1.02. The van der Waals surface area contributed by atoms with Crippen LogP contribution < -0.4 is 20.5 Å². The van der Waals surface area contributed by atoms with Gasteiger partial charge in [0.1, 0.15) is 22.9 Å². The first-order valence-corrected chi connectivity index (χ1v) is 10.0. The zero-order valence-electron chi connectivity index (χ0n) is 15.7. The van der Waals surface area contributed by atoms with Gasteiger partial charge >= 0.3 is 6.18 Å². The Hall–Kier alpha value is -3.53. The van der Waals surface area contributed by atoms with Gasteiger partial charge in [0.15, 0.2) is 11.5 Å². The quantitative estimate of drug-likeness (QED) is 0.450. The molecule has 31 heavy (non-hydrogen) atoms. The number of benzene rings is 2. The number of para-hydroxylation sites is 1. The summed E-state index contributed by atoms with van der Waals surface area (Å²) < 4.78 is 50.9. The number of carbonyl (C=O) groups is 1. The van der Waals surface area contributed by atoms with E-state index in [1.165, 1.54) is 18.2 Å². The van der Waals surface area contributed by atoms with Crippen molar-refractivity contribution >= 4 is 49.7 Å². The molecule has 0 aliphatic carbocycles. The topological polar surface area (TPSA) is 86.5 Å². The van der Waals surface area contributed by atoms with E-state index < -0.39 is 17.6 Å². The van der Waals surface area contributed by atoms with Crippen LogP contribution >= 0.6 is 11.3 Å². The Bertz CT molecular complexity index is 1350. The molecule has 0 saturated heterocycles. The summed E-state index contributed by atoms with van der Waals surface area (Å²) in [7, 11) is 0. The molecular weight excluding hydrogens is 431 g/mol. The number of ether oxygens (including phenoxy) is 2. The summed E-state index contributed by atoms with van der Waals surface area (Å²) in [5.41, 5.74) is 5.70. The van der Waals surface area contributed by atoms with E-state index in [9.17, 15) is 18.0 Å². The highest BCUT2D eigenvalue weighted by Gasteiger charge is 2.34. The van der Waals surface area contributed by atoms with Crippen molar-refractivity contribution in [2.45, 2.75) is 6.18 Å². The van der Waals surface area contributed by atoms with Crippen molar-refractivity contribution in [3.05, 3.63) is 52.9 Å². The lowest BCUT2D eigenvalue weighted by molar-refractivity contribution is -0.136. The van der Waals surface area contributed by atoms with Crippen LogP contribution in [-0.2, 0) is 6.18 Å². The molecule has 3 N–H and O–H groups in total. The van der Waals surface area contributed by atoms with Crippen LogP contribution in [0.3, 0.4) is 0 Å². The van der Waals surface area contributed by atoms with Crippen molar-refractivity contribution < 1.29 is 27.4 Å². The van der Waals surface area contributed by atoms with Crippen molar-refractivity contribution in [2.24, 2.45) is 0 Å². The Morgan fingerprint density at radius 1 is 1.10 bits per heavy atom. The lowest BCUT2D eigenvalue weighted by Gasteiger charge is -2.18. The van der Waals surface area contributed by atoms with Crippen molar-refractivity contribution in [3.63, 3.8) is 0 Å². The first-order valence-electron chi connectivity index (χ1n) is 9.21. The molecule has 1 aliphatic rings. The van der Waals surface area contributed by atoms with E-state index in [2.05, 4.69) is 10.3 Å². The van der Waals surface area contributed by atoms with Gasteiger partial charge in [-0.2, -0.15) is 13.2 Å². The number of carbonyl (C=O) groups excluding carboxylic acids is 1. The number of amides is 1. The molecule has 2 aromatic carbocycles. The third kappa shape index (κ3) is 3.38. The third-order valence-corrected chi connectivity index (χ3v) is 5.98. The number of nitrogens with zero attached hydrogens (tertiary/aromatic N) is 1. The molecule has 1 amide bonds. The van der Waals surface area contributed by atoms with E-state index in [1.807, 2.05) is 0 Å². The average molecular weight is 445 g/mol. The Kier molecular flexibility index (Phi) is 4.40. The second-order valence-electron chi connectivity index (χ2n) is 6.87. The Balaban J connectivity index is 1.55. The number of nitrogens with two attached hydrogens (primary N) is 1. The van der Waals surface area contributed by atoms with Crippen molar-refractivity contribution in [1.29, 1.82) is 0 Å². The van der Waals surface area contributed by atoms with Crippen molar-refractivity contribution in [2.75, 3.05) is 24.3 Å². The highest BCUT2D eigenvalue weighted by Crippen LogP contribution is 2.40. The van der Waals surface area contributed by atoms with Gasteiger partial charge < -0.3 is 20.5 Å². The molecule has 4 aromatic rings. The van der Waals surface area contributed by atoms with Crippen LogP contribution in [-0.4, -0.2) is 24.1 Å². The fraction of sp³-hybridized carbons (Fsp3) is 0.143. The Morgan fingerprint density at radius 3 is 2.55 bits per heavy atom. The molecule has 0 atom stereocenters. The molecule has 0 bridgehead atoms. The fourth-order valence-corrected chi connectivity index (χ4v) is 4.40. The SMILES string of the molecule is Nc1c(C(=O)Nc2ccccc2C(F)(F)F)sc2nc3cc4c(cc3cc12)OCCO4. The molecule has 0 saturated carbocycles. The van der Waals surface area contributed by atoms with E-state index in [0.717, 1.165) is 22.8 Å². The fourth-order valence-electron chi connectivity index (χ4n) is 3.42. The molecule has 0 unspecified atom stereocenters. The molecule has 5 rings (SSSR count). The van der Waals surface area contributed by atoms with Gasteiger partial charge in [-0.05, 0) is 24.3 Å². The number of nitrogen functional groups attached to an aromatic ring is 1. The zero-order chi connectivity index (χ0) is 21.8. The summed E-state index contributed by atoms with van der Waals surface area (Å²) in [6.45, 7) is 0.884. The van der Waals surface area contributed by atoms with E-state index in [1.54, 1.807) is 18.2 Å². The number of alkyl halides is 3. The second-order valence-corrected chi connectivity index (χ2v) is 7.87. The summed E-state index contributed by atoms with van der Waals surface area (Å²) in [6.07, 6.45) is -4.60. The maximum atomic E-state index is 13.2. The zero-order valence-corrected chi connectivity index (χ0v) is 16.6. The molecule has 3 heterocycles. The summed E-state index contributed by atoms with van der Waals surface area (Å²) in [5, 5.41) is 3.62. The summed E-state index contributed by atoms with van der Waals surface area (Å²) in [6, 6.07) is 10.1. The van der Waals surface area contributed by atoms with Crippen LogP contribution in [0.25, 0.3) is 21.1 Å². The van der Waals surface area contributed by atoms with Crippen molar-refractivity contribution in [1.82, 2.24) is 4.98 Å². The van der Waals surface area contributed by atoms with Gasteiger partial charge in [0, 0.05) is 16.8 Å². The second kappa shape index (κ2) is 7.02. The van der Waals surface area contributed by atoms with E-state index >= 15 is 0 Å².